The number of benzene rings is 2. The fraction of sp³-hybridized carbons (Fsp3) is 0.480. The van der Waals surface area contributed by atoms with Crippen molar-refractivity contribution < 1.29 is 9.84 Å². The Balaban J connectivity index is 1.33. The van der Waals surface area contributed by atoms with E-state index in [-0.39, 0.29) is 5.54 Å². The van der Waals surface area contributed by atoms with E-state index >= 15 is 0 Å². The number of fused-ring (bicyclic) bond motifs is 1. The molecule has 0 bridgehead atoms. The van der Waals surface area contributed by atoms with E-state index in [1.165, 1.54) is 0 Å². The van der Waals surface area contributed by atoms with Crippen molar-refractivity contribution in [2.75, 3.05) is 39.3 Å². The molecule has 3 aromatic rings. The van der Waals surface area contributed by atoms with Gasteiger partial charge in [0, 0.05) is 57.1 Å². The minimum Gasteiger partial charge on any atom is -0.491 e. The van der Waals surface area contributed by atoms with Crippen LogP contribution >= 0.6 is 0 Å². The summed E-state index contributed by atoms with van der Waals surface area (Å²) in [6.07, 6.45) is 3.39. The molecule has 1 unspecified atom stereocenters. The highest BCUT2D eigenvalue weighted by Crippen LogP contribution is 2.27. The first kappa shape index (κ1) is 21.8. The van der Waals surface area contributed by atoms with Gasteiger partial charge in [-0.2, -0.15) is 5.10 Å². The summed E-state index contributed by atoms with van der Waals surface area (Å²) in [5, 5.41) is 17.0. The molecule has 0 amide bonds. The summed E-state index contributed by atoms with van der Waals surface area (Å²) < 4.78 is 7.75. The molecule has 2 heterocycles. The first-order valence-electron chi connectivity index (χ1n) is 11.1. The number of β-amino-alcohol motifs (C(OH)–C–C–N with tert-alkyl or cyclic N) is 1. The molecule has 6 nitrogen and oxygen atoms in total. The lowest BCUT2D eigenvalue weighted by atomic mass is 10.0. The van der Waals surface area contributed by atoms with Gasteiger partial charge in [-0.05, 0) is 55.3 Å². The second-order valence-electron chi connectivity index (χ2n) is 9.55. The maximum Gasteiger partial charge on any atom is 0.120 e. The summed E-state index contributed by atoms with van der Waals surface area (Å²) in [4.78, 5) is 4.83. The summed E-state index contributed by atoms with van der Waals surface area (Å²) >= 11 is 0. The third-order valence-electron chi connectivity index (χ3n) is 6.08. The Bertz CT molecular complexity index is 1020. The van der Waals surface area contributed by atoms with Crippen LogP contribution in [0.1, 0.15) is 20.8 Å². The van der Waals surface area contributed by atoms with Crippen molar-refractivity contribution in [2.45, 2.75) is 32.4 Å². The molecular formula is C25H34N4O2. The van der Waals surface area contributed by atoms with Crippen LogP contribution in [0.5, 0.6) is 5.75 Å². The molecule has 166 valence electrons. The first-order valence-corrected chi connectivity index (χ1v) is 11.1. The predicted molar refractivity (Wildman–Crippen MR) is 125 cm³/mol. The molecule has 2 aromatic carbocycles. The molecule has 0 aliphatic carbocycles. The van der Waals surface area contributed by atoms with Crippen LogP contribution in [0.25, 0.3) is 21.9 Å². The van der Waals surface area contributed by atoms with Crippen molar-refractivity contribution in [2.24, 2.45) is 7.05 Å². The van der Waals surface area contributed by atoms with Crippen molar-refractivity contribution in [3.63, 3.8) is 0 Å². The van der Waals surface area contributed by atoms with Gasteiger partial charge in [-0.3, -0.25) is 14.5 Å². The van der Waals surface area contributed by atoms with Gasteiger partial charge in [0.2, 0.25) is 0 Å². The number of hydrogen-bond acceptors (Lipinski definition) is 5. The maximum atomic E-state index is 10.5. The number of piperazine rings is 1. The SMILES string of the molecule is Cn1cc(-c2ccc3ccc(OCC(O)CN4CCN(C(C)(C)C)CC4)cc3c2)cn1. The molecule has 6 heteroatoms. The van der Waals surface area contributed by atoms with E-state index < -0.39 is 6.10 Å². The summed E-state index contributed by atoms with van der Waals surface area (Å²) in [7, 11) is 1.92. The van der Waals surface area contributed by atoms with Crippen molar-refractivity contribution in [1.29, 1.82) is 0 Å². The lowest BCUT2D eigenvalue weighted by Crippen LogP contribution is -2.54. The topological polar surface area (TPSA) is 53.8 Å². The van der Waals surface area contributed by atoms with Crippen LogP contribution in [0.4, 0.5) is 0 Å². The van der Waals surface area contributed by atoms with E-state index in [1.54, 1.807) is 0 Å². The average Bonchev–Trinajstić information content (AvgIpc) is 3.18. The average molecular weight is 423 g/mol. The minimum absolute atomic E-state index is 0.209. The Morgan fingerprint density at radius 2 is 1.74 bits per heavy atom. The van der Waals surface area contributed by atoms with Gasteiger partial charge in [-0.1, -0.05) is 18.2 Å². The lowest BCUT2D eigenvalue weighted by Gasteiger charge is -2.42. The first-order chi connectivity index (χ1) is 14.8. The number of aromatic nitrogens is 2. The molecule has 1 N–H and O–H groups in total. The van der Waals surface area contributed by atoms with Crippen LogP contribution < -0.4 is 4.74 Å². The Hall–Kier alpha value is -2.41. The fourth-order valence-electron chi connectivity index (χ4n) is 4.21. The number of rotatable bonds is 6. The zero-order valence-electron chi connectivity index (χ0n) is 19.1. The molecular weight excluding hydrogens is 388 g/mol. The van der Waals surface area contributed by atoms with Gasteiger partial charge in [-0.15, -0.1) is 0 Å². The standard InChI is InChI=1S/C25H34N4O2/c1-25(2,3)29-11-9-28(10-12-29)17-23(30)18-31-24-8-7-19-5-6-20(13-21(19)14-24)22-15-26-27(4)16-22/h5-8,13-16,23,30H,9-12,17-18H2,1-4H3. The molecule has 1 aromatic heterocycles. The molecule has 1 saturated heterocycles. The van der Waals surface area contributed by atoms with Gasteiger partial charge < -0.3 is 9.84 Å². The summed E-state index contributed by atoms with van der Waals surface area (Å²) in [6, 6.07) is 12.5. The highest BCUT2D eigenvalue weighted by atomic mass is 16.5. The van der Waals surface area contributed by atoms with E-state index in [4.69, 9.17) is 4.74 Å². The Morgan fingerprint density at radius 3 is 2.42 bits per heavy atom. The van der Waals surface area contributed by atoms with Gasteiger partial charge in [0.1, 0.15) is 18.5 Å². The number of nitrogens with zero attached hydrogens (tertiary/aromatic N) is 4. The van der Waals surface area contributed by atoms with E-state index in [0.717, 1.165) is 53.8 Å². The molecule has 31 heavy (non-hydrogen) atoms. The zero-order valence-corrected chi connectivity index (χ0v) is 19.1. The number of ether oxygens (including phenoxy) is 1. The summed E-state index contributed by atoms with van der Waals surface area (Å²) in [5.41, 5.74) is 2.44. The number of aliphatic hydroxyl groups is 1. The third-order valence-corrected chi connectivity index (χ3v) is 6.08. The van der Waals surface area contributed by atoms with Gasteiger partial charge in [0.25, 0.3) is 0 Å². The van der Waals surface area contributed by atoms with Gasteiger partial charge >= 0.3 is 0 Å². The normalized spacial score (nSPS) is 17.2. The molecule has 0 spiro atoms. The smallest absolute Gasteiger partial charge is 0.120 e. The predicted octanol–water partition coefficient (Wildman–Crippen LogP) is 3.40. The molecule has 0 radical (unpaired) electrons. The second-order valence-corrected chi connectivity index (χ2v) is 9.55. The summed E-state index contributed by atoms with van der Waals surface area (Å²) in [5.74, 6) is 0.785. The van der Waals surface area contributed by atoms with Crippen LogP contribution in [0.3, 0.4) is 0 Å². The second kappa shape index (κ2) is 8.99. The third kappa shape index (κ3) is 5.45. The van der Waals surface area contributed by atoms with Crippen LogP contribution in [0.15, 0.2) is 48.8 Å². The highest BCUT2D eigenvalue weighted by Gasteiger charge is 2.26. The zero-order chi connectivity index (χ0) is 22.0. The number of hydrogen-bond donors (Lipinski definition) is 1. The molecule has 1 aliphatic rings. The largest absolute Gasteiger partial charge is 0.491 e. The van der Waals surface area contributed by atoms with Crippen molar-refractivity contribution in [1.82, 2.24) is 19.6 Å². The van der Waals surface area contributed by atoms with E-state index in [0.29, 0.717) is 13.2 Å². The monoisotopic (exact) mass is 422 g/mol. The van der Waals surface area contributed by atoms with E-state index in [9.17, 15) is 5.11 Å². The van der Waals surface area contributed by atoms with Crippen LogP contribution in [0.2, 0.25) is 0 Å². The fourth-order valence-corrected chi connectivity index (χ4v) is 4.21. The lowest BCUT2D eigenvalue weighted by molar-refractivity contribution is 0.0232. The summed E-state index contributed by atoms with van der Waals surface area (Å²) in [6.45, 7) is 11.8. The van der Waals surface area contributed by atoms with Crippen LogP contribution in [-0.2, 0) is 7.05 Å². The minimum atomic E-state index is -0.501. The molecule has 1 fully saturated rings. The quantitative estimate of drug-likeness (QED) is 0.660. The van der Waals surface area contributed by atoms with Crippen LogP contribution in [0, 0.1) is 0 Å². The van der Waals surface area contributed by atoms with E-state index in [1.807, 2.05) is 36.3 Å². The number of aliphatic hydroxyl groups excluding tert-OH is 1. The van der Waals surface area contributed by atoms with Crippen molar-refractivity contribution in [3.05, 3.63) is 48.8 Å². The van der Waals surface area contributed by atoms with Crippen LogP contribution in [-0.4, -0.2) is 75.7 Å². The highest BCUT2D eigenvalue weighted by molar-refractivity contribution is 5.88. The van der Waals surface area contributed by atoms with Gasteiger partial charge in [0.15, 0.2) is 0 Å². The van der Waals surface area contributed by atoms with Gasteiger partial charge in [-0.25, -0.2) is 0 Å². The Kier molecular flexibility index (Phi) is 6.32. The van der Waals surface area contributed by atoms with Crippen molar-refractivity contribution in [3.8, 4) is 16.9 Å². The van der Waals surface area contributed by atoms with E-state index in [2.05, 4.69) is 59.9 Å². The maximum absolute atomic E-state index is 10.5. The number of aryl methyl sites for hydroxylation is 1. The Morgan fingerprint density at radius 1 is 1.00 bits per heavy atom. The molecule has 1 aliphatic heterocycles. The molecule has 4 rings (SSSR count). The molecule has 0 saturated carbocycles. The van der Waals surface area contributed by atoms with Gasteiger partial charge in [0.05, 0.1) is 6.20 Å². The van der Waals surface area contributed by atoms with Crippen molar-refractivity contribution >= 4 is 10.8 Å². The Labute approximate surface area is 185 Å². The molecule has 1 atom stereocenters.